The number of halogens is 1. The third kappa shape index (κ3) is 4.82. The maximum absolute atomic E-state index is 13.7. The number of hydrogen-bond acceptors (Lipinski definition) is 1. The lowest BCUT2D eigenvalue weighted by Crippen LogP contribution is -2.15. The van der Waals surface area contributed by atoms with Crippen LogP contribution in [0.3, 0.4) is 0 Å². The number of hydrogen-bond donors (Lipinski definition) is 1. The van der Waals surface area contributed by atoms with E-state index in [4.69, 9.17) is 5.11 Å². The van der Waals surface area contributed by atoms with Crippen LogP contribution in [0, 0.1) is 17.7 Å². The molecular weight excluding hydrogens is 279 g/mol. The van der Waals surface area contributed by atoms with Gasteiger partial charge in [-0.25, -0.2) is 9.18 Å². The number of rotatable bonds is 7. The summed E-state index contributed by atoms with van der Waals surface area (Å²) in [6, 6.07) is 4.52. The number of benzene rings is 1. The fourth-order valence-electron chi connectivity index (χ4n) is 3.56. The molecule has 0 unspecified atom stereocenters. The van der Waals surface area contributed by atoms with Crippen LogP contribution in [-0.4, -0.2) is 11.1 Å². The van der Waals surface area contributed by atoms with Crippen LogP contribution in [0.1, 0.15) is 74.2 Å². The minimum Gasteiger partial charge on any atom is -0.478 e. The van der Waals surface area contributed by atoms with Gasteiger partial charge in [-0.1, -0.05) is 57.9 Å². The molecule has 3 heteroatoms. The highest BCUT2D eigenvalue weighted by Crippen LogP contribution is 2.34. The van der Waals surface area contributed by atoms with E-state index < -0.39 is 11.8 Å². The quantitative estimate of drug-likeness (QED) is 0.727. The highest BCUT2D eigenvalue weighted by atomic mass is 19.1. The monoisotopic (exact) mass is 306 g/mol. The SMILES string of the molecule is CCCC[C@H]1CC[C@H](CCc2ccc(C(=O)O)c(F)c2)CC1. The van der Waals surface area contributed by atoms with Crippen LogP contribution < -0.4 is 0 Å². The summed E-state index contributed by atoms with van der Waals surface area (Å²) in [5.41, 5.74) is 0.677. The zero-order valence-corrected chi connectivity index (χ0v) is 13.5. The van der Waals surface area contributed by atoms with Gasteiger partial charge >= 0.3 is 5.97 Å². The number of aryl methyl sites for hydroxylation is 1. The lowest BCUT2D eigenvalue weighted by atomic mass is 9.78. The molecule has 122 valence electrons. The zero-order chi connectivity index (χ0) is 15.9. The average molecular weight is 306 g/mol. The second-order valence-electron chi connectivity index (χ2n) is 6.69. The Morgan fingerprint density at radius 3 is 2.36 bits per heavy atom. The lowest BCUT2D eigenvalue weighted by molar-refractivity contribution is 0.0692. The Morgan fingerprint density at radius 2 is 1.82 bits per heavy atom. The molecule has 1 N–H and O–H groups in total. The van der Waals surface area contributed by atoms with Gasteiger partial charge in [0.25, 0.3) is 0 Å². The van der Waals surface area contributed by atoms with Crippen LogP contribution in [-0.2, 0) is 6.42 Å². The van der Waals surface area contributed by atoms with Crippen molar-refractivity contribution in [3.05, 3.63) is 35.1 Å². The predicted molar refractivity (Wildman–Crippen MR) is 86.7 cm³/mol. The van der Waals surface area contributed by atoms with Gasteiger partial charge < -0.3 is 5.11 Å². The summed E-state index contributed by atoms with van der Waals surface area (Å²) in [7, 11) is 0. The molecule has 1 aromatic carbocycles. The van der Waals surface area contributed by atoms with Crippen molar-refractivity contribution in [3.63, 3.8) is 0 Å². The maximum Gasteiger partial charge on any atom is 0.338 e. The first-order chi connectivity index (χ1) is 10.6. The molecule has 0 saturated heterocycles. The Bertz CT molecular complexity index is 490. The van der Waals surface area contributed by atoms with Crippen molar-refractivity contribution >= 4 is 5.97 Å². The molecule has 0 atom stereocenters. The zero-order valence-electron chi connectivity index (χ0n) is 13.5. The molecule has 0 bridgehead atoms. The van der Waals surface area contributed by atoms with Gasteiger partial charge in [0.05, 0.1) is 5.56 Å². The van der Waals surface area contributed by atoms with Gasteiger partial charge in [-0.05, 0) is 42.4 Å². The molecule has 2 rings (SSSR count). The number of carboxylic acid groups (broad SMARTS) is 1. The molecule has 0 aromatic heterocycles. The van der Waals surface area contributed by atoms with E-state index in [1.54, 1.807) is 6.07 Å². The summed E-state index contributed by atoms with van der Waals surface area (Å²) >= 11 is 0. The van der Waals surface area contributed by atoms with Crippen LogP contribution in [0.5, 0.6) is 0 Å². The van der Waals surface area contributed by atoms with Gasteiger partial charge in [0.1, 0.15) is 5.82 Å². The summed E-state index contributed by atoms with van der Waals surface area (Å²) < 4.78 is 13.7. The summed E-state index contributed by atoms with van der Waals surface area (Å²) in [4.78, 5) is 10.8. The van der Waals surface area contributed by atoms with Gasteiger partial charge in [-0.15, -0.1) is 0 Å². The first-order valence-corrected chi connectivity index (χ1v) is 8.61. The third-order valence-corrected chi connectivity index (χ3v) is 5.04. The highest BCUT2D eigenvalue weighted by molar-refractivity contribution is 5.87. The predicted octanol–water partition coefficient (Wildman–Crippen LogP) is 5.45. The number of carboxylic acids is 1. The second-order valence-corrected chi connectivity index (χ2v) is 6.69. The molecule has 22 heavy (non-hydrogen) atoms. The van der Waals surface area contributed by atoms with E-state index in [0.29, 0.717) is 0 Å². The molecule has 0 aliphatic heterocycles. The molecule has 1 aliphatic rings. The molecule has 0 amide bonds. The van der Waals surface area contributed by atoms with Crippen molar-refractivity contribution in [2.24, 2.45) is 11.8 Å². The normalized spacial score (nSPS) is 21.7. The molecule has 1 aliphatic carbocycles. The molecule has 2 nitrogen and oxygen atoms in total. The number of unbranched alkanes of at least 4 members (excludes halogenated alkanes) is 1. The Balaban J connectivity index is 1.77. The van der Waals surface area contributed by atoms with Gasteiger partial charge in [0.2, 0.25) is 0 Å². The third-order valence-electron chi connectivity index (χ3n) is 5.04. The van der Waals surface area contributed by atoms with E-state index in [1.807, 2.05) is 0 Å². The van der Waals surface area contributed by atoms with Crippen molar-refractivity contribution in [3.8, 4) is 0 Å². The Labute approximate surface area is 132 Å². The van der Waals surface area contributed by atoms with Crippen molar-refractivity contribution in [2.45, 2.75) is 64.7 Å². The summed E-state index contributed by atoms with van der Waals surface area (Å²) in [6.07, 6.45) is 11.2. The average Bonchev–Trinajstić information content (AvgIpc) is 2.51. The van der Waals surface area contributed by atoms with Gasteiger partial charge in [-0.3, -0.25) is 0 Å². The largest absolute Gasteiger partial charge is 0.478 e. The fraction of sp³-hybridized carbons (Fsp3) is 0.632. The molecule has 1 aromatic rings. The second kappa shape index (κ2) is 8.30. The summed E-state index contributed by atoms with van der Waals surface area (Å²) in [6.45, 7) is 2.25. The molecule has 0 heterocycles. The number of carbonyl (C=O) groups is 1. The van der Waals surface area contributed by atoms with Crippen molar-refractivity contribution in [1.82, 2.24) is 0 Å². The van der Waals surface area contributed by atoms with Gasteiger partial charge in [0, 0.05) is 0 Å². The first-order valence-electron chi connectivity index (χ1n) is 8.61. The van der Waals surface area contributed by atoms with Crippen molar-refractivity contribution < 1.29 is 14.3 Å². The molecule has 0 radical (unpaired) electrons. The van der Waals surface area contributed by atoms with E-state index >= 15 is 0 Å². The van der Waals surface area contributed by atoms with Gasteiger partial charge in [0.15, 0.2) is 0 Å². The number of aromatic carboxylic acids is 1. The van der Waals surface area contributed by atoms with Crippen LogP contribution in [0.25, 0.3) is 0 Å². The molecule has 1 saturated carbocycles. The fourth-order valence-corrected chi connectivity index (χ4v) is 3.56. The minimum absolute atomic E-state index is 0.236. The summed E-state index contributed by atoms with van der Waals surface area (Å²) in [5.74, 6) is -0.147. The smallest absolute Gasteiger partial charge is 0.338 e. The standard InChI is InChI=1S/C19H27FO2/c1-2-3-4-14-5-7-15(8-6-14)9-10-16-11-12-17(19(21)22)18(20)13-16/h11-15H,2-10H2,1H3,(H,21,22)/t14-,15-. The van der Waals surface area contributed by atoms with Crippen LogP contribution in [0.4, 0.5) is 4.39 Å². The lowest BCUT2D eigenvalue weighted by Gasteiger charge is -2.28. The van der Waals surface area contributed by atoms with E-state index in [1.165, 1.54) is 57.1 Å². The van der Waals surface area contributed by atoms with Gasteiger partial charge in [-0.2, -0.15) is 0 Å². The first kappa shape index (κ1) is 17.0. The van der Waals surface area contributed by atoms with Crippen molar-refractivity contribution in [1.29, 1.82) is 0 Å². The molecule has 1 fully saturated rings. The van der Waals surface area contributed by atoms with E-state index in [0.717, 1.165) is 30.2 Å². The summed E-state index contributed by atoms with van der Waals surface area (Å²) in [5, 5.41) is 8.84. The van der Waals surface area contributed by atoms with Crippen molar-refractivity contribution in [2.75, 3.05) is 0 Å². The van der Waals surface area contributed by atoms with E-state index in [-0.39, 0.29) is 5.56 Å². The minimum atomic E-state index is -1.20. The van der Waals surface area contributed by atoms with E-state index in [2.05, 4.69) is 6.92 Å². The molecular formula is C19H27FO2. The van der Waals surface area contributed by atoms with Crippen LogP contribution in [0.2, 0.25) is 0 Å². The Morgan fingerprint density at radius 1 is 1.18 bits per heavy atom. The Hall–Kier alpha value is -1.38. The maximum atomic E-state index is 13.7. The van der Waals surface area contributed by atoms with Crippen LogP contribution >= 0.6 is 0 Å². The topological polar surface area (TPSA) is 37.3 Å². The van der Waals surface area contributed by atoms with Crippen LogP contribution in [0.15, 0.2) is 18.2 Å². The molecule has 0 spiro atoms. The Kier molecular flexibility index (Phi) is 6.41. The highest BCUT2D eigenvalue weighted by Gasteiger charge is 2.20. The van der Waals surface area contributed by atoms with E-state index in [9.17, 15) is 9.18 Å².